The highest BCUT2D eigenvalue weighted by Crippen LogP contribution is 2.24. The lowest BCUT2D eigenvalue weighted by atomic mass is 9.97. The summed E-state index contributed by atoms with van der Waals surface area (Å²) in [7, 11) is 0. The average Bonchev–Trinajstić information content (AvgIpc) is 2.40. The zero-order valence-corrected chi connectivity index (χ0v) is 10.7. The largest absolute Gasteiger partial charge is 0.573 e. The van der Waals surface area contributed by atoms with E-state index in [1.54, 1.807) is 0 Å². The first kappa shape index (κ1) is 14.6. The van der Waals surface area contributed by atoms with E-state index in [9.17, 15) is 18.0 Å². The van der Waals surface area contributed by atoms with Gasteiger partial charge < -0.3 is 15.4 Å². The van der Waals surface area contributed by atoms with Gasteiger partial charge in [0.15, 0.2) is 0 Å². The van der Waals surface area contributed by atoms with Crippen LogP contribution in [0.3, 0.4) is 0 Å². The molecule has 1 fully saturated rings. The fraction of sp³-hybridized carbons (Fsp3) is 0.462. The van der Waals surface area contributed by atoms with Crippen molar-refractivity contribution >= 4 is 11.6 Å². The Balaban J connectivity index is 1.91. The van der Waals surface area contributed by atoms with Gasteiger partial charge in [-0.2, -0.15) is 0 Å². The molecule has 1 heterocycles. The van der Waals surface area contributed by atoms with Crippen LogP contribution >= 0.6 is 0 Å². The molecule has 0 atom stereocenters. The van der Waals surface area contributed by atoms with Crippen LogP contribution in [0.5, 0.6) is 5.75 Å². The number of hydrogen-bond donors (Lipinski definition) is 2. The van der Waals surface area contributed by atoms with Gasteiger partial charge >= 0.3 is 6.36 Å². The van der Waals surface area contributed by atoms with Gasteiger partial charge in [-0.3, -0.25) is 4.79 Å². The molecular weight excluding hydrogens is 273 g/mol. The number of ether oxygens (including phenoxy) is 1. The molecule has 0 bridgehead atoms. The molecule has 0 spiro atoms. The first-order valence-corrected chi connectivity index (χ1v) is 6.31. The van der Waals surface area contributed by atoms with Gasteiger partial charge in [-0.15, -0.1) is 13.2 Å². The van der Waals surface area contributed by atoms with Crippen molar-refractivity contribution in [1.82, 2.24) is 5.32 Å². The van der Waals surface area contributed by atoms with Gasteiger partial charge in [-0.05, 0) is 50.2 Å². The highest BCUT2D eigenvalue weighted by Gasteiger charge is 2.31. The molecule has 1 aliphatic heterocycles. The van der Waals surface area contributed by atoms with E-state index in [-0.39, 0.29) is 17.6 Å². The molecule has 1 saturated heterocycles. The summed E-state index contributed by atoms with van der Waals surface area (Å²) in [6.07, 6.45) is -3.18. The highest BCUT2D eigenvalue weighted by molar-refractivity contribution is 5.92. The number of piperidine rings is 1. The van der Waals surface area contributed by atoms with Gasteiger partial charge in [0.2, 0.25) is 5.91 Å². The third-order valence-corrected chi connectivity index (χ3v) is 3.07. The molecule has 0 saturated carbocycles. The monoisotopic (exact) mass is 288 g/mol. The van der Waals surface area contributed by atoms with E-state index in [2.05, 4.69) is 15.4 Å². The van der Waals surface area contributed by atoms with Gasteiger partial charge in [0.05, 0.1) is 0 Å². The third-order valence-electron chi connectivity index (χ3n) is 3.07. The molecule has 110 valence electrons. The molecule has 2 rings (SSSR count). The molecule has 0 unspecified atom stereocenters. The van der Waals surface area contributed by atoms with Crippen LogP contribution in [0, 0.1) is 5.92 Å². The van der Waals surface area contributed by atoms with Crippen LogP contribution in [0.2, 0.25) is 0 Å². The second-order valence-electron chi connectivity index (χ2n) is 4.59. The predicted molar refractivity (Wildman–Crippen MR) is 67.3 cm³/mol. The van der Waals surface area contributed by atoms with E-state index < -0.39 is 6.36 Å². The van der Waals surface area contributed by atoms with Crippen LogP contribution in [-0.4, -0.2) is 25.4 Å². The summed E-state index contributed by atoms with van der Waals surface area (Å²) in [5, 5.41) is 5.86. The highest BCUT2D eigenvalue weighted by atomic mass is 19.4. The number of nitrogens with one attached hydrogen (secondary N) is 2. The predicted octanol–water partition coefficient (Wildman–Crippen LogP) is 2.52. The number of hydrogen-bond acceptors (Lipinski definition) is 3. The SMILES string of the molecule is O=C(Nc1ccc(OC(F)(F)F)cc1)C1CCNCC1. The van der Waals surface area contributed by atoms with Crippen molar-refractivity contribution in [3.05, 3.63) is 24.3 Å². The molecule has 4 nitrogen and oxygen atoms in total. The van der Waals surface area contributed by atoms with E-state index >= 15 is 0 Å². The lowest BCUT2D eigenvalue weighted by Crippen LogP contribution is -2.34. The second-order valence-corrected chi connectivity index (χ2v) is 4.59. The van der Waals surface area contributed by atoms with Gasteiger partial charge in [0.25, 0.3) is 0 Å². The van der Waals surface area contributed by atoms with Crippen molar-refractivity contribution in [1.29, 1.82) is 0 Å². The zero-order valence-electron chi connectivity index (χ0n) is 10.7. The zero-order chi connectivity index (χ0) is 14.6. The maximum absolute atomic E-state index is 12.0. The molecule has 7 heteroatoms. The van der Waals surface area contributed by atoms with Gasteiger partial charge in [-0.1, -0.05) is 0 Å². The maximum atomic E-state index is 12.0. The Morgan fingerprint density at radius 2 is 1.80 bits per heavy atom. The number of halogens is 3. The van der Waals surface area contributed by atoms with Crippen LogP contribution in [0.1, 0.15) is 12.8 Å². The Kier molecular flexibility index (Phi) is 4.49. The van der Waals surface area contributed by atoms with E-state index in [4.69, 9.17) is 0 Å². The standard InChI is InChI=1S/C13H15F3N2O2/c14-13(15,16)20-11-3-1-10(2-4-11)18-12(19)9-5-7-17-8-6-9/h1-4,9,17H,5-8H2,(H,18,19). The summed E-state index contributed by atoms with van der Waals surface area (Å²) in [5.74, 6) is -0.462. The number of rotatable bonds is 3. The summed E-state index contributed by atoms with van der Waals surface area (Å²) < 4.78 is 39.7. The molecule has 2 N–H and O–H groups in total. The van der Waals surface area contributed by atoms with Crippen molar-refractivity contribution in [2.24, 2.45) is 5.92 Å². The third kappa shape index (κ3) is 4.41. The van der Waals surface area contributed by atoms with Crippen molar-refractivity contribution in [2.45, 2.75) is 19.2 Å². The maximum Gasteiger partial charge on any atom is 0.573 e. The average molecular weight is 288 g/mol. The Morgan fingerprint density at radius 3 is 2.35 bits per heavy atom. The van der Waals surface area contributed by atoms with Crippen LogP contribution in [-0.2, 0) is 4.79 Å². The summed E-state index contributed by atoms with van der Waals surface area (Å²) >= 11 is 0. The minimum Gasteiger partial charge on any atom is -0.406 e. The van der Waals surface area contributed by atoms with Crippen molar-refractivity contribution < 1.29 is 22.7 Å². The first-order chi connectivity index (χ1) is 9.44. The molecule has 1 amide bonds. The fourth-order valence-electron chi connectivity index (χ4n) is 2.07. The number of benzene rings is 1. The van der Waals surface area contributed by atoms with Crippen LogP contribution in [0.4, 0.5) is 18.9 Å². The van der Waals surface area contributed by atoms with Crippen molar-refractivity contribution in [3.63, 3.8) is 0 Å². The Labute approximate surface area is 114 Å². The van der Waals surface area contributed by atoms with E-state index in [0.717, 1.165) is 25.9 Å². The van der Waals surface area contributed by atoms with Crippen LogP contribution < -0.4 is 15.4 Å². The van der Waals surface area contributed by atoms with E-state index in [0.29, 0.717) is 5.69 Å². The van der Waals surface area contributed by atoms with Crippen LogP contribution in [0.25, 0.3) is 0 Å². The minimum atomic E-state index is -4.71. The molecule has 0 radical (unpaired) electrons. The molecule has 1 aliphatic rings. The lowest BCUT2D eigenvalue weighted by Gasteiger charge is -2.21. The summed E-state index contributed by atoms with van der Waals surface area (Å²) in [6.45, 7) is 1.60. The fourth-order valence-corrected chi connectivity index (χ4v) is 2.07. The topological polar surface area (TPSA) is 50.4 Å². The van der Waals surface area contributed by atoms with Crippen molar-refractivity contribution in [3.8, 4) is 5.75 Å². The lowest BCUT2D eigenvalue weighted by molar-refractivity contribution is -0.274. The Bertz CT molecular complexity index is 454. The molecule has 1 aromatic rings. The Morgan fingerprint density at radius 1 is 1.20 bits per heavy atom. The van der Waals surface area contributed by atoms with E-state index in [1.807, 2.05) is 0 Å². The minimum absolute atomic E-state index is 0.0534. The van der Waals surface area contributed by atoms with Crippen LogP contribution in [0.15, 0.2) is 24.3 Å². The van der Waals surface area contributed by atoms with Gasteiger partial charge in [0.1, 0.15) is 5.75 Å². The molecule has 0 aliphatic carbocycles. The van der Waals surface area contributed by atoms with Crippen molar-refractivity contribution in [2.75, 3.05) is 18.4 Å². The van der Waals surface area contributed by atoms with Gasteiger partial charge in [0, 0.05) is 11.6 Å². The number of carbonyl (C=O) groups is 1. The molecule has 0 aromatic heterocycles. The quantitative estimate of drug-likeness (QED) is 0.898. The molecule has 1 aromatic carbocycles. The summed E-state index contributed by atoms with van der Waals surface area (Å²) in [6, 6.07) is 5.12. The van der Waals surface area contributed by atoms with E-state index in [1.165, 1.54) is 24.3 Å². The second kappa shape index (κ2) is 6.13. The first-order valence-electron chi connectivity index (χ1n) is 6.31. The molecular formula is C13H15F3N2O2. The number of anilines is 1. The summed E-state index contributed by atoms with van der Waals surface area (Å²) in [5.41, 5.74) is 0.461. The smallest absolute Gasteiger partial charge is 0.406 e. The normalized spacial score (nSPS) is 16.8. The van der Waals surface area contributed by atoms with Gasteiger partial charge in [-0.25, -0.2) is 0 Å². The number of alkyl halides is 3. The number of carbonyl (C=O) groups excluding carboxylic acids is 1. The summed E-state index contributed by atoms with van der Waals surface area (Å²) in [4.78, 5) is 11.9. The molecule has 20 heavy (non-hydrogen) atoms. The Hall–Kier alpha value is -1.76. The number of amides is 1.